The molecule has 0 fully saturated rings. The van der Waals surface area contributed by atoms with Crippen LogP contribution in [0.1, 0.15) is 24.2 Å². The summed E-state index contributed by atoms with van der Waals surface area (Å²) >= 11 is 0. The van der Waals surface area contributed by atoms with Gasteiger partial charge in [-0.05, 0) is 26.0 Å². The molecule has 1 aromatic rings. The summed E-state index contributed by atoms with van der Waals surface area (Å²) in [6.07, 6.45) is 0. The van der Waals surface area contributed by atoms with Gasteiger partial charge in [0, 0.05) is 7.05 Å². The Balaban J connectivity index is 3.00. The van der Waals surface area contributed by atoms with Crippen LogP contribution in [-0.2, 0) is 0 Å². The summed E-state index contributed by atoms with van der Waals surface area (Å²) < 4.78 is 13.4. The highest BCUT2D eigenvalue weighted by Crippen LogP contribution is 2.16. The smallest absolute Gasteiger partial charge is 0.257 e. The Morgan fingerprint density at radius 3 is 2.50 bits per heavy atom. The first-order chi connectivity index (χ1) is 7.40. The van der Waals surface area contributed by atoms with Crippen molar-refractivity contribution in [2.45, 2.75) is 19.4 Å². The summed E-state index contributed by atoms with van der Waals surface area (Å²) in [5, 5.41) is 9.14. The SMILES string of the molecule is CN(C(=O)c1ccccc1F)C(C)(C)CO. The van der Waals surface area contributed by atoms with Gasteiger partial charge in [-0.25, -0.2) is 4.39 Å². The number of carbonyl (C=O) groups excluding carboxylic acids is 1. The van der Waals surface area contributed by atoms with Crippen LogP contribution in [0.5, 0.6) is 0 Å². The number of nitrogens with zero attached hydrogens (tertiary/aromatic N) is 1. The van der Waals surface area contributed by atoms with Gasteiger partial charge >= 0.3 is 0 Å². The minimum absolute atomic E-state index is 0.0199. The standard InChI is InChI=1S/C12H16FNO2/c1-12(2,8-15)14(3)11(16)9-6-4-5-7-10(9)13/h4-7,15H,8H2,1-3H3. The summed E-state index contributed by atoms with van der Waals surface area (Å²) in [4.78, 5) is 13.3. The first-order valence-corrected chi connectivity index (χ1v) is 5.03. The van der Waals surface area contributed by atoms with Gasteiger partial charge in [0.2, 0.25) is 0 Å². The van der Waals surface area contributed by atoms with E-state index < -0.39 is 17.3 Å². The average molecular weight is 225 g/mol. The van der Waals surface area contributed by atoms with Gasteiger partial charge in [0.15, 0.2) is 0 Å². The Labute approximate surface area is 94.5 Å². The molecule has 0 heterocycles. The Morgan fingerprint density at radius 1 is 1.44 bits per heavy atom. The zero-order valence-corrected chi connectivity index (χ0v) is 9.70. The third-order valence-corrected chi connectivity index (χ3v) is 2.70. The Kier molecular flexibility index (Phi) is 3.65. The second kappa shape index (κ2) is 4.61. The molecule has 4 heteroatoms. The number of halogens is 1. The van der Waals surface area contributed by atoms with E-state index in [4.69, 9.17) is 5.11 Å². The molecule has 0 saturated carbocycles. The predicted molar refractivity (Wildman–Crippen MR) is 59.7 cm³/mol. The Hall–Kier alpha value is -1.42. The maximum absolute atomic E-state index is 13.4. The molecule has 0 aliphatic heterocycles. The predicted octanol–water partition coefficient (Wildman–Crippen LogP) is 1.67. The van der Waals surface area contributed by atoms with Gasteiger partial charge in [-0.15, -0.1) is 0 Å². The molecule has 0 aliphatic carbocycles. The maximum atomic E-state index is 13.4. The number of amides is 1. The summed E-state index contributed by atoms with van der Waals surface area (Å²) in [7, 11) is 1.55. The van der Waals surface area contributed by atoms with Gasteiger partial charge in [0.05, 0.1) is 17.7 Å². The third kappa shape index (κ3) is 2.39. The van der Waals surface area contributed by atoms with Crippen LogP contribution in [0.25, 0.3) is 0 Å². The van der Waals surface area contributed by atoms with Gasteiger partial charge in [-0.3, -0.25) is 4.79 Å². The minimum atomic E-state index is -0.709. The number of carbonyl (C=O) groups is 1. The lowest BCUT2D eigenvalue weighted by molar-refractivity contribution is 0.0469. The van der Waals surface area contributed by atoms with Crippen molar-refractivity contribution in [1.29, 1.82) is 0 Å². The third-order valence-electron chi connectivity index (χ3n) is 2.70. The zero-order chi connectivity index (χ0) is 12.3. The van der Waals surface area contributed by atoms with Gasteiger partial charge in [0.1, 0.15) is 5.82 Å². The van der Waals surface area contributed by atoms with Crippen LogP contribution < -0.4 is 0 Å². The fourth-order valence-electron chi connectivity index (χ4n) is 1.20. The largest absolute Gasteiger partial charge is 0.394 e. The monoisotopic (exact) mass is 225 g/mol. The molecule has 0 saturated heterocycles. The van der Waals surface area contributed by atoms with Gasteiger partial charge in [0.25, 0.3) is 5.91 Å². The van der Waals surface area contributed by atoms with Crippen molar-refractivity contribution in [1.82, 2.24) is 4.90 Å². The summed E-state index contributed by atoms with van der Waals surface area (Å²) in [6, 6.07) is 5.81. The first-order valence-electron chi connectivity index (χ1n) is 5.03. The molecule has 0 aliphatic rings. The van der Waals surface area contributed by atoms with Crippen LogP contribution in [-0.4, -0.2) is 35.1 Å². The Morgan fingerprint density at radius 2 is 2.00 bits per heavy atom. The van der Waals surface area contributed by atoms with Crippen LogP contribution in [0.15, 0.2) is 24.3 Å². The molecule has 88 valence electrons. The number of aliphatic hydroxyl groups is 1. The number of rotatable bonds is 3. The second-order valence-corrected chi connectivity index (χ2v) is 4.31. The molecule has 0 unspecified atom stereocenters. The molecule has 1 N–H and O–H groups in total. The van der Waals surface area contributed by atoms with Crippen LogP contribution in [0, 0.1) is 5.82 Å². The number of benzene rings is 1. The summed E-state index contributed by atoms with van der Waals surface area (Å²) in [5.41, 5.74) is -0.689. The van der Waals surface area contributed by atoms with Crippen molar-refractivity contribution >= 4 is 5.91 Å². The van der Waals surface area contributed by atoms with Crippen LogP contribution in [0.2, 0.25) is 0 Å². The molecule has 1 aromatic carbocycles. The molecule has 3 nitrogen and oxygen atoms in total. The molecule has 0 bridgehead atoms. The van der Waals surface area contributed by atoms with Crippen molar-refractivity contribution in [3.05, 3.63) is 35.6 Å². The fraction of sp³-hybridized carbons (Fsp3) is 0.417. The average Bonchev–Trinajstić information content (AvgIpc) is 2.27. The van der Waals surface area contributed by atoms with Crippen molar-refractivity contribution in [2.75, 3.05) is 13.7 Å². The van der Waals surface area contributed by atoms with Crippen molar-refractivity contribution in [2.24, 2.45) is 0 Å². The molecule has 0 aromatic heterocycles. The highest BCUT2D eigenvalue weighted by molar-refractivity contribution is 5.94. The molecular formula is C12H16FNO2. The normalized spacial score (nSPS) is 11.3. The lowest BCUT2D eigenvalue weighted by Gasteiger charge is -2.34. The van der Waals surface area contributed by atoms with Crippen molar-refractivity contribution in [3.8, 4) is 0 Å². The number of aliphatic hydroxyl groups excluding tert-OH is 1. The second-order valence-electron chi connectivity index (χ2n) is 4.31. The van der Waals surface area contributed by atoms with Gasteiger partial charge in [-0.2, -0.15) is 0 Å². The summed E-state index contributed by atoms with van der Waals surface area (Å²) in [5.74, 6) is -0.981. The first kappa shape index (κ1) is 12.6. The zero-order valence-electron chi connectivity index (χ0n) is 9.70. The van der Waals surface area contributed by atoms with E-state index in [1.54, 1.807) is 27.0 Å². The van der Waals surface area contributed by atoms with Crippen molar-refractivity contribution in [3.63, 3.8) is 0 Å². The van der Waals surface area contributed by atoms with E-state index in [1.807, 2.05) is 0 Å². The highest BCUT2D eigenvalue weighted by atomic mass is 19.1. The highest BCUT2D eigenvalue weighted by Gasteiger charge is 2.28. The fourth-order valence-corrected chi connectivity index (χ4v) is 1.20. The number of likely N-dealkylation sites (N-methyl/N-ethyl adjacent to an activating group) is 1. The Bertz CT molecular complexity index is 390. The molecule has 1 rings (SSSR count). The maximum Gasteiger partial charge on any atom is 0.257 e. The molecule has 0 spiro atoms. The molecule has 1 amide bonds. The van der Waals surface area contributed by atoms with E-state index in [1.165, 1.54) is 23.1 Å². The lowest BCUT2D eigenvalue weighted by Crippen LogP contribution is -2.47. The van der Waals surface area contributed by atoms with E-state index in [0.717, 1.165) is 0 Å². The summed E-state index contributed by atoms with van der Waals surface area (Å²) in [6.45, 7) is 3.25. The van der Waals surface area contributed by atoms with Crippen LogP contribution in [0.4, 0.5) is 4.39 Å². The van der Waals surface area contributed by atoms with E-state index in [2.05, 4.69) is 0 Å². The molecule has 0 atom stereocenters. The van der Waals surface area contributed by atoms with E-state index in [9.17, 15) is 9.18 Å². The van der Waals surface area contributed by atoms with E-state index in [-0.39, 0.29) is 12.2 Å². The quantitative estimate of drug-likeness (QED) is 0.850. The van der Waals surface area contributed by atoms with Crippen LogP contribution in [0.3, 0.4) is 0 Å². The number of hydrogen-bond donors (Lipinski definition) is 1. The topological polar surface area (TPSA) is 40.5 Å². The molecule has 0 radical (unpaired) electrons. The van der Waals surface area contributed by atoms with E-state index >= 15 is 0 Å². The van der Waals surface area contributed by atoms with Gasteiger partial charge < -0.3 is 10.0 Å². The lowest BCUT2D eigenvalue weighted by atomic mass is 10.0. The van der Waals surface area contributed by atoms with Crippen LogP contribution >= 0.6 is 0 Å². The molecular weight excluding hydrogens is 209 g/mol. The van der Waals surface area contributed by atoms with Gasteiger partial charge in [-0.1, -0.05) is 12.1 Å². The number of hydrogen-bond acceptors (Lipinski definition) is 2. The molecule has 16 heavy (non-hydrogen) atoms. The minimum Gasteiger partial charge on any atom is -0.394 e. The van der Waals surface area contributed by atoms with Crippen molar-refractivity contribution < 1.29 is 14.3 Å². The van der Waals surface area contributed by atoms with E-state index in [0.29, 0.717) is 0 Å².